The molecule has 0 aliphatic carbocycles. The van der Waals surface area contributed by atoms with Crippen LogP contribution in [0.5, 0.6) is 11.5 Å². The highest BCUT2D eigenvalue weighted by Crippen LogP contribution is 2.31. The van der Waals surface area contributed by atoms with Crippen LogP contribution in [0.4, 0.5) is 5.69 Å². The molecule has 0 unspecified atom stereocenters. The number of ether oxygens (including phenoxy) is 2. The lowest BCUT2D eigenvalue weighted by Crippen LogP contribution is -2.29. The summed E-state index contributed by atoms with van der Waals surface area (Å²) < 4.78 is 11.4. The molecule has 2 aromatic carbocycles. The van der Waals surface area contributed by atoms with Gasteiger partial charge in [0.2, 0.25) is 0 Å². The Balaban J connectivity index is 2.24. The maximum absolute atomic E-state index is 13.0. The molecule has 0 aliphatic heterocycles. The number of carbonyl (C=O) groups excluding carboxylic acids is 1. The molecule has 0 fully saturated rings. The molecule has 156 valence electrons. The molecular formula is C22H28N2O5. The van der Waals surface area contributed by atoms with Crippen LogP contribution in [0.1, 0.15) is 49.7 Å². The van der Waals surface area contributed by atoms with Crippen LogP contribution < -0.4 is 9.47 Å². The second kappa shape index (κ2) is 9.91. The Hall–Kier alpha value is -3.09. The molecule has 0 aliphatic rings. The summed E-state index contributed by atoms with van der Waals surface area (Å²) in [5, 5.41) is 11.0. The molecule has 0 saturated heterocycles. The van der Waals surface area contributed by atoms with Crippen molar-refractivity contribution in [3.63, 3.8) is 0 Å². The van der Waals surface area contributed by atoms with Crippen LogP contribution in [0.25, 0.3) is 0 Å². The highest BCUT2D eigenvalue weighted by molar-refractivity contribution is 5.95. The van der Waals surface area contributed by atoms with E-state index in [0.717, 1.165) is 0 Å². The van der Waals surface area contributed by atoms with Crippen LogP contribution in [-0.4, -0.2) is 36.0 Å². The molecule has 0 saturated carbocycles. The SMILES string of the molecule is CCOc1cc(C(=O)N(C)[C@@H](C)c2cccc([N+](=O)[O-])c2)ccc1OCC(C)C. The number of hydrogen-bond donors (Lipinski definition) is 0. The molecule has 29 heavy (non-hydrogen) atoms. The number of amides is 1. The summed E-state index contributed by atoms with van der Waals surface area (Å²) >= 11 is 0. The van der Waals surface area contributed by atoms with Crippen LogP contribution >= 0.6 is 0 Å². The van der Waals surface area contributed by atoms with Crippen molar-refractivity contribution in [2.24, 2.45) is 5.92 Å². The van der Waals surface area contributed by atoms with Gasteiger partial charge in [0.15, 0.2) is 11.5 Å². The van der Waals surface area contributed by atoms with Gasteiger partial charge in [-0.15, -0.1) is 0 Å². The summed E-state index contributed by atoms with van der Waals surface area (Å²) in [5.41, 5.74) is 1.16. The van der Waals surface area contributed by atoms with Crippen LogP contribution in [0.3, 0.4) is 0 Å². The van der Waals surface area contributed by atoms with E-state index in [1.54, 1.807) is 42.3 Å². The average molecular weight is 400 g/mol. The van der Waals surface area contributed by atoms with E-state index in [4.69, 9.17) is 9.47 Å². The van der Waals surface area contributed by atoms with Crippen molar-refractivity contribution in [2.45, 2.75) is 33.7 Å². The van der Waals surface area contributed by atoms with Gasteiger partial charge in [-0.05, 0) is 43.5 Å². The minimum absolute atomic E-state index is 0.000449. The van der Waals surface area contributed by atoms with Gasteiger partial charge < -0.3 is 14.4 Å². The quantitative estimate of drug-likeness (QED) is 0.443. The monoisotopic (exact) mass is 400 g/mol. The summed E-state index contributed by atoms with van der Waals surface area (Å²) in [5.74, 6) is 1.29. The first-order valence-corrected chi connectivity index (χ1v) is 9.65. The van der Waals surface area contributed by atoms with Gasteiger partial charge in [0.25, 0.3) is 11.6 Å². The number of rotatable bonds is 9. The first-order valence-electron chi connectivity index (χ1n) is 9.65. The van der Waals surface area contributed by atoms with E-state index >= 15 is 0 Å². The van der Waals surface area contributed by atoms with Crippen molar-refractivity contribution < 1.29 is 19.2 Å². The fourth-order valence-corrected chi connectivity index (χ4v) is 2.79. The fourth-order valence-electron chi connectivity index (χ4n) is 2.79. The molecule has 0 N–H and O–H groups in total. The summed E-state index contributed by atoms with van der Waals surface area (Å²) in [7, 11) is 1.68. The molecule has 0 heterocycles. The normalized spacial score (nSPS) is 11.8. The summed E-state index contributed by atoms with van der Waals surface area (Å²) in [6, 6.07) is 11.1. The molecule has 7 nitrogen and oxygen atoms in total. The fraction of sp³-hybridized carbons (Fsp3) is 0.409. The number of non-ortho nitro benzene ring substituents is 1. The lowest BCUT2D eigenvalue weighted by molar-refractivity contribution is -0.384. The maximum Gasteiger partial charge on any atom is 0.269 e. The number of nitro benzene ring substituents is 1. The Bertz CT molecular complexity index is 866. The largest absolute Gasteiger partial charge is 0.490 e. The molecule has 0 bridgehead atoms. The number of nitro groups is 1. The van der Waals surface area contributed by atoms with Crippen molar-refractivity contribution in [3.05, 3.63) is 63.7 Å². The molecule has 2 aromatic rings. The van der Waals surface area contributed by atoms with Gasteiger partial charge in [0, 0.05) is 24.7 Å². The highest BCUT2D eigenvalue weighted by Gasteiger charge is 2.22. The van der Waals surface area contributed by atoms with Crippen LogP contribution in [0.15, 0.2) is 42.5 Å². The third-order valence-electron chi connectivity index (χ3n) is 4.53. The topological polar surface area (TPSA) is 81.9 Å². The van der Waals surface area contributed by atoms with Gasteiger partial charge in [-0.25, -0.2) is 0 Å². The molecule has 0 radical (unpaired) electrons. The molecule has 0 spiro atoms. The Kier molecular flexibility index (Phi) is 7.59. The van der Waals surface area contributed by atoms with Crippen LogP contribution in [0, 0.1) is 16.0 Å². The Morgan fingerprint density at radius 3 is 2.45 bits per heavy atom. The minimum atomic E-state index is -0.442. The zero-order valence-electron chi connectivity index (χ0n) is 17.5. The van der Waals surface area contributed by atoms with Crippen molar-refractivity contribution in [1.29, 1.82) is 0 Å². The lowest BCUT2D eigenvalue weighted by atomic mass is 10.1. The molecule has 0 aromatic heterocycles. The minimum Gasteiger partial charge on any atom is -0.490 e. The van der Waals surface area contributed by atoms with Crippen molar-refractivity contribution >= 4 is 11.6 Å². The van der Waals surface area contributed by atoms with Gasteiger partial charge >= 0.3 is 0 Å². The molecule has 2 rings (SSSR count). The van der Waals surface area contributed by atoms with Gasteiger partial charge in [-0.1, -0.05) is 26.0 Å². The summed E-state index contributed by atoms with van der Waals surface area (Å²) in [4.78, 5) is 25.1. The number of carbonyl (C=O) groups is 1. The predicted molar refractivity (Wildman–Crippen MR) is 112 cm³/mol. The second-order valence-corrected chi connectivity index (χ2v) is 7.24. The Morgan fingerprint density at radius 2 is 1.83 bits per heavy atom. The zero-order valence-corrected chi connectivity index (χ0v) is 17.5. The number of hydrogen-bond acceptors (Lipinski definition) is 5. The van der Waals surface area contributed by atoms with Gasteiger partial charge in [0.05, 0.1) is 24.2 Å². The van der Waals surface area contributed by atoms with E-state index in [1.165, 1.54) is 12.1 Å². The average Bonchev–Trinajstić information content (AvgIpc) is 2.71. The maximum atomic E-state index is 13.0. The standard InChI is InChI=1S/C22H28N2O5/c1-6-28-21-13-18(10-11-20(21)29-14-15(2)3)22(25)23(5)16(4)17-8-7-9-19(12-17)24(26)27/h7-13,15-16H,6,14H2,1-5H3/t16-/m0/s1. The first kappa shape index (κ1) is 22.2. The van der Waals surface area contributed by atoms with Gasteiger partial charge in [0.1, 0.15) is 0 Å². The predicted octanol–water partition coefficient (Wildman–Crippen LogP) is 4.86. The van der Waals surface area contributed by atoms with Crippen molar-refractivity contribution in [3.8, 4) is 11.5 Å². The Labute approximate surface area is 171 Å². The third-order valence-corrected chi connectivity index (χ3v) is 4.53. The zero-order chi connectivity index (χ0) is 21.6. The van der Waals surface area contributed by atoms with E-state index in [-0.39, 0.29) is 17.6 Å². The molecular weight excluding hydrogens is 372 g/mol. The molecule has 1 amide bonds. The van der Waals surface area contributed by atoms with E-state index < -0.39 is 4.92 Å². The number of benzene rings is 2. The molecule has 1 atom stereocenters. The van der Waals surface area contributed by atoms with E-state index in [9.17, 15) is 14.9 Å². The lowest BCUT2D eigenvalue weighted by Gasteiger charge is -2.26. The van der Waals surface area contributed by atoms with E-state index in [2.05, 4.69) is 13.8 Å². The number of nitrogens with zero attached hydrogens (tertiary/aromatic N) is 2. The first-order chi connectivity index (χ1) is 13.7. The van der Waals surface area contributed by atoms with Gasteiger partial charge in [-0.3, -0.25) is 14.9 Å². The third kappa shape index (κ3) is 5.70. The second-order valence-electron chi connectivity index (χ2n) is 7.24. The van der Waals surface area contributed by atoms with Crippen LogP contribution in [0.2, 0.25) is 0 Å². The highest BCUT2D eigenvalue weighted by atomic mass is 16.6. The van der Waals surface area contributed by atoms with Crippen molar-refractivity contribution in [1.82, 2.24) is 4.90 Å². The molecule has 7 heteroatoms. The smallest absolute Gasteiger partial charge is 0.269 e. The Morgan fingerprint density at radius 1 is 1.10 bits per heavy atom. The summed E-state index contributed by atoms with van der Waals surface area (Å²) in [6.07, 6.45) is 0. The van der Waals surface area contributed by atoms with E-state index in [1.807, 2.05) is 13.8 Å². The van der Waals surface area contributed by atoms with Crippen LogP contribution in [-0.2, 0) is 0 Å². The summed E-state index contributed by atoms with van der Waals surface area (Å²) in [6.45, 7) is 8.83. The van der Waals surface area contributed by atoms with E-state index in [0.29, 0.717) is 41.8 Å². The van der Waals surface area contributed by atoms with Gasteiger partial charge in [-0.2, -0.15) is 0 Å². The van der Waals surface area contributed by atoms with Crippen molar-refractivity contribution in [2.75, 3.05) is 20.3 Å².